The lowest BCUT2D eigenvalue weighted by atomic mass is 10.1. The van der Waals surface area contributed by atoms with Crippen molar-refractivity contribution in [1.82, 2.24) is 9.88 Å². The van der Waals surface area contributed by atoms with Crippen molar-refractivity contribution < 1.29 is 18.7 Å². The molecule has 0 bridgehead atoms. The highest BCUT2D eigenvalue weighted by Crippen LogP contribution is 2.28. The first-order valence-corrected chi connectivity index (χ1v) is 10.6. The van der Waals surface area contributed by atoms with Gasteiger partial charge in [0.15, 0.2) is 17.1 Å². The Kier molecular flexibility index (Phi) is 7.76. The van der Waals surface area contributed by atoms with E-state index < -0.39 is 5.76 Å². The zero-order valence-electron chi connectivity index (χ0n) is 18.3. The number of aryl methyl sites for hydroxylation is 1. The molecule has 2 aromatic carbocycles. The summed E-state index contributed by atoms with van der Waals surface area (Å²) in [6, 6.07) is 12.9. The third kappa shape index (κ3) is 6.13. The molecule has 0 saturated carbocycles. The molecule has 0 aliphatic carbocycles. The zero-order chi connectivity index (χ0) is 22.2. The van der Waals surface area contributed by atoms with Crippen LogP contribution in [0.3, 0.4) is 0 Å². The van der Waals surface area contributed by atoms with Crippen molar-refractivity contribution in [2.75, 3.05) is 13.7 Å². The van der Waals surface area contributed by atoms with E-state index in [9.17, 15) is 9.59 Å². The highest BCUT2D eigenvalue weighted by molar-refractivity contribution is 5.76. The lowest BCUT2D eigenvalue weighted by Crippen LogP contribution is -2.23. The van der Waals surface area contributed by atoms with E-state index in [0.29, 0.717) is 55.5 Å². The van der Waals surface area contributed by atoms with Crippen LogP contribution in [-0.4, -0.2) is 24.2 Å². The molecule has 31 heavy (non-hydrogen) atoms. The molecule has 0 atom stereocenters. The second-order valence-corrected chi connectivity index (χ2v) is 7.88. The number of amides is 1. The van der Waals surface area contributed by atoms with Crippen molar-refractivity contribution in [3.63, 3.8) is 0 Å². The summed E-state index contributed by atoms with van der Waals surface area (Å²) in [5.74, 6) is 1.46. The number of hydrogen-bond donors (Lipinski definition) is 1. The van der Waals surface area contributed by atoms with Gasteiger partial charge in [0, 0.05) is 19.5 Å². The third-order valence-corrected chi connectivity index (χ3v) is 5.03. The van der Waals surface area contributed by atoms with Gasteiger partial charge in [-0.2, -0.15) is 0 Å². The molecule has 7 heteroatoms. The Balaban J connectivity index is 1.48. The molecule has 0 saturated heterocycles. The normalized spacial score (nSPS) is 11.1. The van der Waals surface area contributed by atoms with Gasteiger partial charge < -0.3 is 19.2 Å². The Bertz CT molecular complexity index is 1070. The van der Waals surface area contributed by atoms with Crippen LogP contribution >= 0.6 is 0 Å². The number of nitrogens with zero attached hydrogens (tertiary/aromatic N) is 1. The maximum absolute atomic E-state index is 12.2. The Morgan fingerprint density at radius 2 is 1.97 bits per heavy atom. The summed E-state index contributed by atoms with van der Waals surface area (Å²) in [6.07, 6.45) is 1.84. The minimum atomic E-state index is -0.399. The fourth-order valence-electron chi connectivity index (χ4n) is 3.26. The van der Waals surface area contributed by atoms with Crippen molar-refractivity contribution >= 4 is 17.0 Å². The lowest BCUT2D eigenvalue weighted by Gasteiger charge is -2.13. The summed E-state index contributed by atoms with van der Waals surface area (Å²) in [7, 11) is 1.61. The van der Waals surface area contributed by atoms with Crippen LogP contribution < -0.4 is 20.5 Å². The molecule has 1 heterocycles. The smallest absolute Gasteiger partial charge is 0.419 e. The average Bonchev–Trinajstić information content (AvgIpc) is 3.07. The SMILES string of the molecule is COc1cc(CNC(=O)CCCn2c(=O)oc3ccccc32)ccc1OCCC(C)C. The summed E-state index contributed by atoms with van der Waals surface area (Å²) >= 11 is 0. The number of carbonyl (C=O) groups excluding carboxylic acids is 1. The fraction of sp³-hybridized carbons (Fsp3) is 0.417. The van der Waals surface area contributed by atoms with E-state index in [2.05, 4.69) is 19.2 Å². The number of rotatable bonds is 11. The highest BCUT2D eigenvalue weighted by Gasteiger charge is 2.10. The van der Waals surface area contributed by atoms with Gasteiger partial charge in [-0.05, 0) is 48.6 Å². The fourth-order valence-corrected chi connectivity index (χ4v) is 3.26. The molecule has 7 nitrogen and oxygen atoms in total. The van der Waals surface area contributed by atoms with Gasteiger partial charge >= 0.3 is 5.76 Å². The highest BCUT2D eigenvalue weighted by atomic mass is 16.5. The van der Waals surface area contributed by atoms with E-state index in [1.54, 1.807) is 17.7 Å². The van der Waals surface area contributed by atoms with Crippen molar-refractivity contribution in [2.24, 2.45) is 5.92 Å². The van der Waals surface area contributed by atoms with Crippen LogP contribution in [0.2, 0.25) is 0 Å². The number of aromatic nitrogens is 1. The summed E-state index contributed by atoms with van der Waals surface area (Å²) in [5, 5.41) is 2.91. The van der Waals surface area contributed by atoms with Crippen molar-refractivity contribution in [2.45, 2.75) is 46.2 Å². The quantitative estimate of drug-likeness (QED) is 0.499. The van der Waals surface area contributed by atoms with Gasteiger partial charge in [0.25, 0.3) is 0 Å². The topological polar surface area (TPSA) is 82.7 Å². The first-order valence-electron chi connectivity index (χ1n) is 10.6. The Morgan fingerprint density at radius 1 is 1.16 bits per heavy atom. The van der Waals surface area contributed by atoms with Crippen LogP contribution in [0, 0.1) is 5.92 Å². The molecule has 166 valence electrons. The number of carbonyl (C=O) groups is 1. The largest absolute Gasteiger partial charge is 0.493 e. The van der Waals surface area contributed by atoms with E-state index in [-0.39, 0.29) is 5.91 Å². The summed E-state index contributed by atoms with van der Waals surface area (Å²) < 4.78 is 18.0. The number of nitrogens with one attached hydrogen (secondary N) is 1. The molecule has 1 N–H and O–H groups in total. The molecule has 0 radical (unpaired) electrons. The van der Waals surface area contributed by atoms with Gasteiger partial charge in [-0.3, -0.25) is 9.36 Å². The monoisotopic (exact) mass is 426 g/mol. The maximum atomic E-state index is 12.2. The predicted octanol–water partition coefficient (Wildman–Crippen LogP) is 4.12. The van der Waals surface area contributed by atoms with Crippen LogP contribution in [0.4, 0.5) is 0 Å². The number of hydrogen-bond acceptors (Lipinski definition) is 5. The Labute approximate surface area is 182 Å². The van der Waals surface area contributed by atoms with Crippen molar-refractivity contribution in [3.05, 3.63) is 58.6 Å². The molecule has 0 unspecified atom stereocenters. The number of oxazole rings is 1. The molecule has 3 rings (SSSR count). The standard InChI is InChI=1S/C24H30N2O5/c1-17(2)12-14-30-21-11-10-18(15-22(21)29-3)16-25-23(27)9-6-13-26-19-7-4-5-8-20(19)31-24(26)28/h4-5,7-8,10-11,15,17H,6,9,12-14,16H2,1-3H3,(H,25,27). The number of benzene rings is 2. The van der Waals surface area contributed by atoms with Gasteiger partial charge in [-0.15, -0.1) is 0 Å². The molecular formula is C24H30N2O5. The van der Waals surface area contributed by atoms with E-state index >= 15 is 0 Å². The molecule has 3 aromatic rings. The van der Waals surface area contributed by atoms with Crippen LogP contribution in [0.5, 0.6) is 11.5 Å². The van der Waals surface area contributed by atoms with Crippen molar-refractivity contribution in [3.8, 4) is 11.5 Å². The molecule has 0 aliphatic heterocycles. The Morgan fingerprint density at radius 3 is 2.74 bits per heavy atom. The number of methoxy groups -OCH3 is 1. The second-order valence-electron chi connectivity index (χ2n) is 7.88. The predicted molar refractivity (Wildman–Crippen MR) is 119 cm³/mol. The van der Waals surface area contributed by atoms with Crippen molar-refractivity contribution in [1.29, 1.82) is 0 Å². The first-order chi connectivity index (χ1) is 15.0. The minimum absolute atomic E-state index is 0.0722. The van der Waals surface area contributed by atoms with Gasteiger partial charge in [0.1, 0.15) is 0 Å². The van der Waals surface area contributed by atoms with Gasteiger partial charge in [-0.1, -0.05) is 32.0 Å². The second kappa shape index (κ2) is 10.7. The third-order valence-electron chi connectivity index (χ3n) is 5.03. The molecule has 1 amide bonds. The average molecular weight is 427 g/mol. The van der Waals surface area contributed by atoms with Gasteiger partial charge in [-0.25, -0.2) is 4.79 Å². The molecule has 0 aliphatic rings. The molecule has 0 fully saturated rings. The molecular weight excluding hydrogens is 396 g/mol. The van der Waals surface area contributed by atoms with Crippen LogP contribution in [-0.2, 0) is 17.9 Å². The van der Waals surface area contributed by atoms with Gasteiger partial charge in [0.05, 0.1) is 19.2 Å². The first kappa shape index (κ1) is 22.5. The number of fused-ring (bicyclic) bond motifs is 1. The van der Waals surface area contributed by atoms with E-state index in [4.69, 9.17) is 13.9 Å². The Hall–Kier alpha value is -3.22. The summed E-state index contributed by atoms with van der Waals surface area (Å²) in [6.45, 7) is 5.78. The van der Waals surface area contributed by atoms with Crippen LogP contribution in [0.25, 0.3) is 11.1 Å². The number of ether oxygens (including phenoxy) is 2. The minimum Gasteiger partial charge on any atom is -0.493 e. The summed E-state index contributed by atoms with van der Waals surface area (Å²) in [4.78, 5) is 24.2. The zero-order valence-corrected chi connectivity index (χ0v) is 18.3. The van der Waals surface area contributed by atoms with E-state index in [1.807, 2.05) is 36.4 Å². The summed E-state index contributed by atoms with van der Waals surface area (Å²) in [5.41, 5.74) is 2.23. The van der Waals surface area contributed by atoms with E-state index in [0.717, 1.165) is 17.5 Å². The molecule has 1 aromatic heterocycles. The lowest BCUT2D eigenvalue weighted by molar-refractivity contribution is -0.121. The van der Waals surface area contributed by atoms with E-state index in [1.165, 1.54) is 0 Å². The maximum Gasteiger partial charge on any atom is 0.419 e. The van der Waals surface area contributed by atoms with Crippen LogP contribution in [0.15, 0.2) is 51.7 Å². The van der Waals surface area contributed by atoms with Gasteiger partial charge in [0.2, 0.25) is 5.91 Å². The van der Waals surface area contributed by atoms with Crippen LogP contribution in [0.1, 0.15) is 38.7 Å². The molecule has 0 spiro atoms. The number of para-hydroxylation sites is 2.